The Labute approximate surface area is 207 Å². The van der Waals surface area contributed by atoms with E-state index in [2.05, 4.69) is 15.9 Å². The number of ether oxygens (including phenoxy) is 2. The normalized spacial score (nSPS) is 19.1. The minimum absolute atomic E-state index is 0.0749. The molecule has 0 radical (unpaired) electrons. The maximum absolute atomic E-state index is 13.3. The molecule has 35 heavy (non-hydrogen) atoms. The number of piperidine rings is 2. The molecule has 3 aromatic rings. The van der Waals surface area contributed by atoms with Crippen LogP contribution in [0.3, 0.4) is 0 Å². The number of hydrogen-bond acceptors (Lipinski definition) is 6. The van der Waals surface area contributed by atoms with Crippen LogP contribution in [-0.4, -0.2) is 60.7 Å². The zero-order valence-electron chi connectivity index (χ0n) is 20.7. The Bertz CT molecular complexity index is 1180. The third kappa shape index (κ3) is 5.34. The average Bonchev–Trinajstić information content (AvgIpc) is 2.92. The average molecular weight is 475 g/mol. The Morgan fingerprint density at radius 2 is 1.80 bits per heavy atom. The zero-order valence-corrected chi connectivity index (χ0v) is 20.7. The van der Waals surface area contributed by atoms with E-state index in [9.17, 15) is 4.79 Å². The Hall–Kier alpha value is -3.35. The highest BCUT2D eigenvalue weighted by Gasteiger charge is 2.32. The molecule has 0 bridgehead atoms. The molecule has 0 spiro atoms. The molecule has 5 rings (SSSR count). The number of carbonyl (C=O) groups excluding carboxylic acids is 1. The van der Waals surface area contributed by atoms with Crippen LogP contribution in [0.4, 0.5) is 5.95 Å². The number of hydrogen-bond donors (Lipinski definition) is 0. The smallest absolute Gasteiger partial charge is 0.226 e. The molecule has 2 aliphatic heterocycles. The number of nitrogens with zero attached hydrogens (tertiary/aromatic N) is 4. The molecule has 0 N–H and O–H groups in total. The van der Waals surface area contributed by atoms with Crippen molar-refractivity contribution in [3.63, 3.8) is 0 Å². The van der Waals surface area contributed by atoms with Crippen molar-refractivity contribution in [2.45, 2.75) is 32.6 Å². The first kappa shape index (κ1) is 23.4. The summed E-state index contributed by atoms with van der Waals surface area (Å²) in [6.07, 6.45) is 3.80. The van der Waals surface area contributed by atoms with Gasteiger partial charge in [0.15, 0.2) is 0 Å². The highest BCUT2D eigenvalue weighted by Crippen LogP contribution is 2.27. The van der Waals surface area contributed by atoms with Crippen molar-refractivity contribution in [3.8, 4) is 11.5 Å². The van der Waals surface area contributed by atoms with Crippen LogP contribution < -0.4 is 14.4 Å². The summed E-state index contributed by atoms with van der Waals surface area (Å²) < 4.78 is 11.3. The minimum atomic E-state index is 0.0749. The molecule has 2 aromatic carbocycles. The Kier molecular flexibility index (Phi) is 7.02. The fourth-order valence-electron chi connectivity index (χ4n) is 5.25. The molecule has 0 saturated carbocycles. The van der Waals surface area contributed by atoms with Crippen LogP contribution in [0.2, 0.25) is 0 Å². The predicted octanol–water partition coefficient (Wildman–Crippen LogP) is 4.48. The Morgan fingerprint density at radius 3 is 2.63 bits per heavy atom. The quantitative estimate of drug-likeness (QED) is 0.525. The van der Waals surface area contributed by atoms with Gasteiger partial charge in [-0.1, -0.05) is 24.3 Å². The van der Waals surface area contributed by atoms with Crippen LogP contribution >= 0.6 is 0 Å². The van der Waals surface area contributed by atoms with Gasteiger partial charge in [-0.05, 0) is 50.8 Å². The third-order valence-electron chi connectivity index (χ3n) is 7.27. The number of para-hydroxylation sites is 1. The predicted molar refractivity (Wildman–Crippen MR) is 137 cm³/mol. The molecule has 0 unspecified atom stereocenters. The van der Waals surface area contributed by atoms with Crippen molar-refractivity contribution >= 4 is 22.8 Å². The van der Waals surface area contributed by atoms with E-state index < -0.39 is 0 Å². The molecule has 2 aliphatic rings. The van der Waals surface area contributed by atoms with E-state index >= 15 is 0 Å². The molecule has 7 nitrogen and oxygen atoms in total. The molecule has 1 amide bonds. The molecule has 0 aliphatic carbocycles. The van der Waals surface area contributed by atoms with Gasteiger partial charge in [0.2, 0.25) is 11.9 Å². The van der Waals surface area contributed by atoms with Crippen LogP contribution in [0.25, 0.3) is 10.9 Å². The number of aromatic nitrogens is 2. The molecule has 1 aromatic heterocycles. The number of methoxy groups -OCH3 is 1. The summed E-state index contributed by atoms with van der Waals surface area (Å²) in [5.41, 5.74) is 1.98. The first-order chi connectivity index (χ1) is 17.1. The first-order valence-electron chi connectivity index (χ1n) is 12.6. The lowest BCUT2D eigenvalue weighted by Crippen LogP contribution is -2.47. The van der Waals surface area contributed by atoms with E-state index in [1.54, 1.807) is 7.11 Å². The molecular weight excluding hydrogens is 440 g/mol. The summed E-state index contributed by atoms with van der Waals surface area (Å²) in [6, 6.07) is 15.8. The second-order valence-corrected chi connectivity index (χ2v) is 9.67. The van der Waals surface area contributed by atoms with E-state index in [0.717, 1.165) is 85.9 Å². The van der Waals surface area contributed by atoms with Gasteiger partial charge in [0.05, 0.1) is 24.9 Å². The molecular formula is C28H34N4O3. The molecule has 7 heteroatoms. The summed E-state index contributed by atoms with van der Waals surface area (Å²) in [7, 11) is 1.66. The fourth-order valence-corrected chi connectivity index (χ4v) is 5.25. The van der Waals surface area contributed by atoms with Gasteiger partial charge in [0.1, 0.15) is 11.5 Å². The van der Waals surface area contributed by atoms with E-state index in [0.29, 0.717) is 18.4 Å². The first-order valence-corrected chi connectivity index (χ1v) is 12.6. The number of likely N-dealkylation sites (tertiary alicyclic amines) is 1. The summed E-state index contributed by atoms with van der Waals surface area (Å²) >= 11 is 0. The number of carbonyl (C=O) groups is 1. The van der Waals surface area contributed by atoms with Gasteiger partial charge in [-0.25, -0.2) is 9.97 Å². The number of benzene rings is 2. The zero-order chi connectivity index (χ0) is 24.2. The fraction of sp³-hybridized carbons (Fsp3) is 0.464. The second kappa shape index (κ2) is 10.5. The summed E-state index contributed by atoms with van der Waals surface area (Å²) in [6.45, 7) is 5.90. The molecule has 184 valence electrons. The van der Waals surface area contributed by atoms with Crippen LogP contribution in [-0.2, 0) is 4.79 Å². The highest BCUT2D eigenvalue weighted by molar-refractivity contribution is 5.82. The SMILES string of the molecule is COc1cccc(OC[C@@H]2CCCN(C(=O)C3CCN(c4nc(C)c5ccccc5n4)CC3)C2)c1. The lowest BCUT2D eigenvalue weighted by Gasteiger charge is -2.37. The van der Waals surface area contributed by atoms with E-state index in [1.165, 1.54) is 0 Å². The van der Waals surface area contributed by atoms with Crippen LogP contribution in [0.1, 0.15) is 31.4 Å². The number of aryl methyl sites for hydroxylation is 1. The summed E-state index contributed by atoms with van der Waals surface area (Å²) in [4.78, 5) is 27.2. The van der Waals surface area contributed by atoms with Crippen molar-refractivity contribution < 1.29 is 14.3 Å². The van der Waals surface area contributed by atoms with Crippen LogP contribution in [0.5, 0.6) is 11.5 Å². The van der Waals surface area contributed by atoms with Gasteiger partial charge in [0.25, 0.3) is 0 Å². The number of rotatable bonds is 6. The van der Waals surface area contributed by atoms with Crippen LogP contribution in [0.15, 0.2) is 48.5 Å². The van der Waals surface area contributed by atoms with Gasteiger partial charge in [0, 0.05) is 49.5 Å². The third-order valence-corrected chi connectivity index (χ3v) is 7.27. The number of amides is 1. The second-order valence-electron chi connectivity index (χ2n) is 9.67. The molecule has 1 atom stereocenters. The molecule has 2 fully saturated rings. The van der Waals surface area contributed by atoms with E-state index in [-0.39, 0.29) is 5.92 Å². The van der Waals surface area contributed by atoms with Gasteiger partial charge in [-0.3, -0.25) is 4.79 Å². The number of anilines is 1. The summed E-state index contributed by atoms with van der Waals surface area (Å²) in [5.74, 6) is 3.11. The lowest BCUT2D eigenvalue weighted by molar-refractivity contribution is -0.138. The number of fused-ring (bicyclic) bond motifs is 1. The summed E-state index contributed by atoms with van der Waals surface area (Å²) in [5, 5.41) is 1.09. The van der Waals surface area contributed by atoms with Gasteiger partial charge in [-0.15, -0.1) is 0 Å². The lowest BCUT2D eigenvalue weighted by atomic mass is 9.92. The Balaban J connectivity index is 1.15. The van der Waals surface area contributed by atoms with Crippen molar-refractivity contribution in [1.29, 1.82) is 0 Å². The maximum atomic E-state index is 13.3. The van der Waals surface area contributed by atoms with E-state index in [1.807, 2.05) is 49.4 Å². The van der Waals surface area contributed by atoms with Crippen molar-refractivity contribution in [2.24, 2.45) is 11.8 Å². The van der Waals surface area contributed by atoms with Crippen molar-refractivity contribution in [1.82, 2.24) is 14.9 Å². The standard InChI is InChI=1S/C28H34N4O3/c1-20-25-10-3-4-11-26(25)30-28(29-20)31-15-12-22(13-16-31)27(33)32-14-6-7-21(18-32)19-35-24-9-5-8-23(17-24)34-2/h3-5,8-11,17,21-22H,6-7,12-16,18-19H2,1-2H3/t21-/m1/s1. The van der Waals surface area contributed by atoms with Gasteiger partial charge in [-0.2, -0.15) is 0 Å². The van der Waals surface area contributed by atoms with E-state index in [4.69, 9.17) is 19.4 Å². The molecule has 2 saturated heterocycles. The van der Waals surface area contributed by atoms with Crippen molar-refractivity contribution in [3.05, 3.63) is 54.2 Å². The topological polar surface area (TPSA) is 67.8 Å². The van der Waals surface area contributed by atoms with Gasteiger partial charge < -0.3 is 19.3 Å². The highest BCUT2D eigenvalue weighted by atomic mass is 16.5. The van der Waals surface area contributed by atoms with Gasteiger partial charge >= 0.3 is 0 Å². The Morgan fingerprint density at radius 1 is 1.00 bits per heavy atom. The maximum Gasteiger partial charge on any atom is 0.226 e. The van der Waals surface area contributed by atoms with Crippen LogP contribution in [0, 0.1) is 18.8 Å². The largest absolute Gasteiger partial charge is 0.497 e. The van der Waals surface area contributed by atoms with Crippen molar-refractivity contribution in [2.75, 3.05) is 44.8 Å². The monoisotopic (exact) mass is 474 g/mol. The minimum Gasteiger partial charge on any atom is -0.497 e. The molecule has 3 heterocycles.